The molecule has 402 valence electrons. The molecule has 3 heterocycles. The summed E-state index contributed by atoms with van der Waals surface area (Å²) in [4.78, 5) is 134. The zero-order chi connectivity index (χ0) is 53.7. The van der Waals surface area contributed by atoms with E-state index >= 15 is 0 Å². The first-order valence-electron chi connectivity index (χ1n) is 26.0. The number of rotatable bonds is 14. The highest BCUT2D eigenvalue weighted by molar-refractivity contribution is 5.96. The minimum Gasteiger partial charge on any atom is -0.497 e. The maximum atomic E-state index is 14.8. The molecule has 1 unspecified atom stereocenters. The molecule has 0 bridgehead atoms. The molecule has 1 aromatic carbocycles. The minimum absolute atomic E-state index is 0.0458. The summed E-state index contributed by atoms with van der Waals surface area (Å²) in [7, 11) is 4.48. The van der Waals surface area contributed by atoms with Crippen molar-refractivity contribution in [2.75, 3.05) is 34.3 Å². The van der Waals surface area contributed by atoms with Gasteiger partial charge in [0.1, 0.15) is 48.1 Å². The van der Waals surface area contributed by atoms with Crippen LogP contribution in [-0.4, -0.2) is 162 Å². The van der Waals surface area contributed by atoms with Gasteiger partial charge >= 0.3 is 11.9 Å². The van der Waals surface area contributed by atoms with Crippen molar-refractivity contribution in [3.05, 3.63) is 29.8 Å². The van der Waals surface area contributed by atoms with Crippen LogP contribution < -0.4 is 20.7 Å². The van der Waals surface area contributed by atoms with E-state index in [-0.39, 0.29) is 75.2 Å². The summed E-state index contributed by atoms with van der Waals surface area (Å²) in [5.41, 5.74) is 0.638. The van der Waals surface area contributed by atoms with Gasteiger partial charge in [-0.2, -0.15) is 0 Å². The first-order valence-corrected chi connectivity index (χ1v) is 26.0. The van der Waals surface area contributed by atoms with Gasteiger partial charge in [0.05, 0.1) is 7.11 Å². The van der Waals surface area contributed by atoms with Crippen LogP contribution >= 0.6 is 0 Å². The van der Waals surface area contributed by atoms with E-state index < -0.39 is 108 Å². The highest BCUT2D eigenvalue weighted by Crippen LogP contribution is 2.27. The van der Waals surface area contributed by atoms with Crippen LogP contribution in [0.5, 0.6) is 5.75 Å². The highest BCUT2D eigenvalue weighted by atomic mass is 16.6. The SMILES string of the molecule is CCC(=O)N1CCC[C@H]1C(=O)N(C)[C@H](CC(C)C)C(=O)N[C@@H]1C(=O)N[C@H](C(C)C)CCC(=O)OC(C(C)C)C(=O)N[C@@H](CC(C)C)C(=O)N2CCC[C@H]2C(=O)N(C)[C@@H](Cc2ccc(OC)cc2)C(=O)O[C@@H]1C. The Morgan fingerprint density at radius 3 is 2.07 bits per heavy atom. The summed E-state index contributed by atoms with van der Waals surface area (Å²) in [5.74, 6) is -5.70. The number of fused-ring (bicyclic) bond motifs is 1. The number of nitrogens with one attached hydrogen (secondary N) is 3. The van der Waals surface area contributed by atoms with Crippen LogP contribution in [0.4, 0.5) is 0 Å². The van der Waals surface area contributed by atoms with Gasteiger partial charge in [0, 0.05) is 52.5 Å². The normalized spacial score (nSPS) is 25.9. The summed E-state index contributed by atoms with van der Waals surface area (Å²) in [6, 6.07) is -0.581. The van der Waals surface area contributed by atoms with E-state index in [0.29, 0.717) is 37.1 Å². The molecule has 0 radical (unpaired) electrons. The summed E-state index contributed by atoms with van der Waals surface area (Å²) >= 11 is 0. The quantitative estimate of drug-likeness (QED) is 0.226. The molecule has 3 aliphatic heterocycles. The number of hydrogen-bond acceptors (Lipinski definition) is 12. The monoisotopic (exact) mass is 1010 g/mol. The fraction of sp³-hybridized carbons (Fsp3) is 0.717. The number of ether oxygens (including phenoxy) is 3. The van der Waals surface area contributed by atoms with E-state index in [0.717, 1.165) is 0 Å². The zero-order valence-electron chi connectivity index (χ0n) is 45.0. The molecular weight excluding hydrogens is 927 g/mol. The molecule has 4 rings (SSSR count). The molecule has 3 N–H and O–H groups in total. The Morgan fingerprint density at radius 1 is 0.833 bits per heavy atom. The Balaban J connectivity index is 1.82. The van der Waals surface area contributed by atoms with Gasteiger partial charge < -0.3 is 49.8 Å². The number of likely N-dealkylation sites (tertiary alicyclic amines) is 1. The molecule has 19 heteroatoms. The topological polar surface area (TPSA) is 230 Å². The number of esters is 2. The average molecular weight is 1010 g/mol. The number of carbonyl (C=O) groups excluding carboxylic acids is 9. The van der Waals surface area contributed by atoms with Crippen molar-refractivity contribution in [1.29, 1.82) is 0 Å². The fourth-order valence-corrected chi connectivity index (χ4v) is 9.77. The van der Waals surface area contributed by atoms with Gasteiger partial charge in [-0.3, -0.25) is 38.4 Å². The van der Waals surface area contributed by atoms with Gasteiger partial charge in [0.25, 0.3) is 5.91 Å². The van der Waals surface area contributed by atoms with E-state index in [1.807, 2.05) is 41.5 Å². The molecule has 3 saturated heterocycles. The molecule has 7 amide bonds. The summed E-state index contributed by atoms with van der Waals surface area (Å²) in [5, 5.41) is 8.63. The van der Waals surface area contributed by atoms with Gasteiger partial charge in [-0.15, -0.1) is 0 Å². The number of nitrogens with zero attached hydrogens (tertiary/aromatic N) is 4. The maximum absolute atomic E-state index is 14.8. The summed E-state index contributed by atoms with van der Waals surface area (Å²) < 4.78 is 17.3. The number of methoxy groups -OCH3 is 1. The first-order chi connectivity index (χ1) is 33.9. The number of cyclic esters (lactones) is 2. The van der Waals surface area contributed by atoms with Gasteiger partial charge in [-0.1, -0.05) is 74.4 Å². The molecule has 0 aliphatic carbocycles. The van der Waals surface area contributed by atoms with Crippen LogP contribution in [0.3, 0.4) is 0 Å². The van der Waals surface area contributed by atoms with Crippen molar-refractivity contribution < 1.29 is 57.4 Å². The lowest BCUT2D eigenvalue weighted by molar-refractivity contribution is -0.162. The van der Waals surface area contributed by atoms with Gasteiger partial charge in [0.2, 0.25) is 35.4 Å². The molecule has 9 atom stereocenters. The van der Waals surface area contributed by atoms with Crippen LogP contribution in [0, 0.1) is 23.7 Å². The van der Waals surface area contributed by atoms with Crippen LogP contribution in [-0.2, 0) is 59.0 Å². The van der Waals surface area contributed by atoms with Crippen molar-refractivity contribution in [3.8, 4) is 5.75 Å². The predicted molar refractivity (Wildman–Crippen MR) is 269 cm³/mol. The van der Waals surface area contributed by atoms with E-state index in [2.05, 4.69) is 16.0 Å². The van der Waals surface area contributed by atoms with Crippen LogP contribution in [0.25, 0.3) is 0 Å². The molecule has 1 aromatic rings. The Morgan fingerprint density at radius 2 is 1.49 bits per heavy atom. The number of amides is 7. The van der Waals surface area contributed by atoms with Gasteiger partial charge in [-0.05, 0) is 93.2 Å². The van der Waals surface area contributed by atoms with Crippen LogP contribution in [0.2, 0.25) is 0 Å². The molecule has 3 fully saturated rings. The number of carbonyl (C=O) groups is 9. The Labute approximate surface area is 426 Å². The van der Waals surface area contributed by atoms with Crippen molar-refractivity contribution in [2.24, 2.45) is 23.7 Å². The molecule has 0 saturated carbocycles. The molecular formula is C53H83N7O12. The van der Waals surface area contributed by atoms with Gasteiger partial charge in [-0.25, -0.2) is 4.79 Å². The molecule has 0 aromatic heterocycles. The molecule has 19 nitrogen and oxygen atoms in total. The third-order valence-corrected chi connectivity index (χ3v) is 14.1. The van der Waals surface area contributed by atoms with Crippen molar-refractivity contribution in [3.63, 3.8) is 0 Å². The molecule has 72 heavy (non-hydrogen) atoms. The highest BCUT2D eigenvalue weighted by Gasteiger charge is 2.45. The van der Waals surface area contributed by atoms with Gasteiger partial charge in [0.15, 0.2) is 6.10 Å². The van der Waals surface area contributed by atoms with E-state index in [4.69, 9.17) is 14.2 Å². The van der Waals surface area contributed by atoms with Crippen LogP contribution in [0.15, 0.2) is 24.3 Å². The van der Waals surface area contributed by atoms with E-state index in [1.165, 1.54) is 42.8 Å². The lowest BCUT2D eigenvalue weighted by Gasteiger charge is -2.36. The fourth-order valence-electron chi connectivity index (χ4n) is 9.77. The van der Waals surface area contributed by atoms with Crippen molar-refractivity contribution in [1.82, 2.24) is 35.6 Å². The van der Waals surface area contributed by atoms with E-state index in [9.17, 15) is 43.2 Å². The predicted octanol–water partition coefficient (Wildman–Crippen LogP) is 3.78. The maximum Gasteiger partial charge on any atom is 0.329 e. The standard InChI is InChI=1S/C53H83N7O12/c1-14-43(61)59-25-15-17-39(59)51(67)57(11)41(28-31(4)5)47(63)56-45-34(10)71-53(69)42(29-35-19-21-36(70-13)22-20-35)58(12)52(68)40-18-16-26-60(40)50(66)38(27-30(2)3)55-49(65)46(33(8)9)72-44(62)24-23-37(32(6)7)54-48(45)64/h19-22,30-34,37-42,45-46H,14-18,23-29H2,1-13H3,(H,54,64)(H,55,65)(H,56,63)/t34-,37+,38+,39+,40+,41-,42+,45+,46?/m1/s1. The summed E-state index contributed by atoms with van der Waals surface area (Å²) in [6.45, 7) is 18.5. The molecule has 3 aliphatic rings. The third-order valence-electron chi connectivity index (χ3n) is 14.1. The second-order valence-corrected chi connectivity index (χ2v) is 21.3. The Hall–Kier alpha value is -5.75. The largest absolute Gasteiger partial charge is 0.497 e. The Bertz CT molecular complexity index is 2080. The Kier molecular flexibility index (Phi) is 21.9. The lowest BCUT2D eigenvalue weighted by Crippen LogP contribution is -2.61. The minimum atomic E-state index is -1.57. The number of hydrogen-bond donors (Lipinski definition) is 3. The van der Waals surface area contributed by atoms with E-state index in [1.54, 1.807) is 49.9 Å². The molecule has 0 spiro atoms. The second-order valence-electron chi connectivity index (χ2n) is 21.3. The lowest BCUT2D eigenvalue weighted by atomic mass is 9.97. The van der Waals surface area contributed by atoms with Crippen LogP contribution in [0.1, 0.15) is 133 Å². The first kappa shape index (κ1) is 58.8. The summed E-state index contributed by atoms with van der Waals surface area (Å²) in [6.07, 6.45) is -0.404. The number of benzene rings is 1. The smallest absolute Gasteiger partial charge is 0.329 e. The average Bonchev–Trinajstić information content (AvgIpc) is 4.03. The zero-order valence-corrected chi connectivity index (χ0v) is 45.0. The number of likely N-dealkylation sites (N-methyl/N-ethyl adjacent to an activating group) is 2. The third kappa shape index (κ3) is 15.4. The second kappa shape index (κ2) is 26.8. The van der Waals surface area contributed by atoms with Crippen molar-refractivity contribution >= 4 is 53.3 Å². The van der Waals surface area contributed by atoms with Crippen molar-refractivity contribution in [2.45, 2.75) is 188 Å².